The average molecular weight is 240 g/mol. The van der Waals surface area contributed by atoms with Crippen LogP contribution in [0.4, 0.5) is 0 Å². The van der Waals surface area contributed by atoms with Crippen molar-refractivity contribution in [1.29, 1.82) is 0 Å². The van der Waals surface area contributed by atoms with E-state index in [0.29, 0.717) is 19.1 Å². The Bertz CT molecular complexity index is 398. The summed E-state index contributed by atoms with van der Waals surface area (Å²) in [5.74, 6) is 2.17. The van der Waals surface area contributed by atoms with Crippen molar-refractivity contribution in [2.24, 2.45) is 0 Å². The largest absolute Gasteiger partial charge is 0.489 e. The van der Waals surface area contributed by atoms with Crippen LogP contribution in [0.3, 0.4) is 0 Å². The van der Waals surface area contributed by atoms with Gasteiger partial charge in [-0.05, 0) is 18.1 Å². The van der Waals surface area contributed by atoms with Crippen LogP contribution >= 0.6 is 11.6 Å². The number of halogens is 1. The van der Waals surface area contributed by atoms with Crippen molar-refractivity contribution in [1.82, 2.24) is 4.98 Å². The highest BCUT2D eigenvalue weighted by atomic mass is 35.5. The zero-order chi connectivity index (χ0) is 11.4. The summed E-state index contributed by atoms with van der Waals surface area (Å²) in [6.45, 7) is 3.42. The zero-order valence-corrected chi connectivity index (χ0v) is 9.96. The van der Waals surface area contributed by atoms with E-state index in [2.05, 4.69) is 11.9 Å². The van der Waals surface area contributed by atoms with Crippen molar-refractivity contribution < 1.29 is 9.47 Å². The van der Waals surface area contributed by atoms with E-state index in [1.807, 2.05) is 6.07 Å². The van der Waals surface area contributed by atoms with E-state index in [0.717, 1.165) is 29.1 Å². The van der Waals surface area contributed by atoms with Crippen molar-refractivity contribution in [3.8, 4) is 0 Å². The molecule has 0 bridgehead atoms. The number of hydrogen-bond donors (Lipinski definition) is 0. The van der Waals surface area contributed by atoms with Crippen molar-refractivity contribution in [3.05, 3.63) is 35.3 Å². The molecule has 1 aliphatic rings. The van der Waals surface area contributed by atoms with Gasteiger partial charge in [0, 0.05) is 23.8 Å². The van der Waals surface area contributed by atoms with Crippen molar-refractivity contribution in [3.63, 3.8) is 0 Å². The lowest BCUT2D eigenvalue weighted by Crippen LogP contribution is -1.96. The molecule has 1 aliphatic heterocycles. The van der Waals surface area contributed by atoms with Crippen LogP contribution in [-0.4, -0.2) is 18.2 Å². The van der Waals surface area contributed by atoms with E-state index in [-0.39, 0.29) is 0 Å². The maximum Gasteiger partial charge on any atom is 0.177 e. The molecule has 2 rings (SSSR count). The van der Waals surface area contributed by atoms with Gasteiger partial charge in [-0.2, -0.15) is 0 Å². The molecular weight excluding hydrogens is 226 g/mol. The monoisotopic (exact) mass is 239 g/mol. The van der Waals surface area contributed by atoms with Gasteiger partial charge in [0.15, 0.2) is 11.5 Å². The lowest BCUT2D eigenvalue weighted by Gasteiger charge is -2.08. The first-order valence-electron chi connectivity index (χ1n) is 5.34. The predicted molar refractivity (Wildman–Crippen MR) is 62.9 cm³/mol. The summed E-state index contributed by atoms with van der Waals surface area (Å²) in [5, 5.41) is 0. The van der Waals surface area contributed by atoms with Crippen LogP contribution in [0.5, 0.6) is 0 Å². The number of aromatic nitrogens is 1. The van der Waals surface area contributed by atoms with Crippen molar-refractivity contribution in [2.75, 3.05) is 13.2 Å². The molecule has 0 unspecified atom stereocenters. The molecular formula is C12H14ClNO2. The standard InChI is InChI=1S/C12H14ClNO2/c1-2-3-15-12(11-8-16-11)10-4-9(5-13)6-14-7-10/h4,6-7H,2-3,5,8H2,1H3/b12-11-. The second-order valence-corrected chi connectivity index (χ2v) is 3.87. The number of hydrogen-bond acceptors (Lipinski definition) is 3. The smallest absolute Gasteiger partial charge is 0.177 e. The minimum atomic E-state index is 0.456. The molecule has 0 atom stereocenters. The third-order valence-corrected chi connectivity index (χ3v) is 2.51. The zero-order valence-electron chi connectivity index (χ0n) is 9.20. The minimum Gasteiger partial charge on any atom is -0.489 e. The molecule has 0 N–H and O–H groups in total. The fraction of sp³-hybridized carbons (Fsp3) is 0.417. The summed E-state index contributed by atoms with van der Waals surface area (Å²) in [5.41, 5.74) is 1.93. The number of alkyl halides is 1. The van der Waals surface area contributed by atoms with E-state index in [1.165, 1.54) is 0 Å². The van der Waals surface area contributed by atoms with E-state index < -0.39 is 0 Å². The molecule has 2 heterocycles. The van der Waals surface area contributed by atoms with Gasteiger partial charge in [-0.1, -0.05) is 6.92 Å². The molecule has 86 valence electrons. The first-order valence-corrected chi connectivity index (χ1v) is 5.87. The summed E-state index contributed by atoms with van der Waals surface area (Å²) in [7, 11) is 0. The van der Waals surface area contributed by atoms with Crippen LogP contribution in [0, 0.1) is 0 Å². The molecule has 1 aromatic rings. The Kier molecular flexibility index (Phi) is 3.67. The lowest BCUT2D eigenvalue weighted by atomic mass is 10.2. The molecule has 0 aliphatic carbocycles. The summed E-state index contributed by atoms with van der Waals surface area (Å²) in [4.78, 5) is 4.14. The summed E-state index contributed by atoms with van der Waals surface area (Å²) < 4.78 is 10.9. The van der Waals surface area contributed by atoms with Gasteiger partial charge < -0.3 is 9.47 Å². The Hall–Kier alpha value is -1.22. The second kappa shape index (κ2) is 5.21. The van der Waals surface area contributed by atoms with Gasteiger partial charge in [-0.15, -0.1) is 11.6 Å². The van der Waals surface area contributed by atoms with Crippen LogP contribution in [0.1, 0.15) is 24.5 Å². The fourth-order valence-corrected chi connectivity index (χ4v) is 1.53. The van der Waals surface area contributed by atoms with Crippen molar-refractivity contribution in [2.45, 2.75) is 19.2 Å². The Morgan fingerprint density at radius 2 is 2.38 bits per heavy atom. The molecule has 1 aromatic heterocycles. The Labute approximate surface area is 100 Å². The minimum absolute atomic E-state index is 0.456. The van der Waals surface area contributed by atoms with E-state index in [1.54, 1.807) is 12.4 Å². The summed E-state index contributed by atoms with van der Waals surface area (Å²) >= 11 is 5.77. The summed E-state index contributed by atoms with van der Waals surface area (Å²) in [6.07, 6.45) is 4.50. The van der Waals surface area contributed by atoms with Crippen LogP contribution in [0.25, 0.3) is 5.76 Å². The van der Waals surface area contributed by atoms with E-state index in [9.17, 15) is 0 Å². The fourth-order valence-electron chi connectivity index (χ4n) is 1.38. The first kappa shape index (κ1) is 11.3. The van der Waals surface area contributed by atoms with Gasteiger partial charge >= 0.3 is 0 Å². The highest BCUT2D eigenvalue weighted by Crippen LogP contribution is 2.29. The number of rotatable bonds is 5. The number of epoxide rings is 1. The number of nitrogens with zero attached hydrogens (tertiary/aromatic N) is 1. The quantitative estimate of drug-likeness (QED) is 0.450. The maximum absolute atomic E-state index is 5.77. The summed E-state index contributed by atoms with van der Waals surface area (Å²) in [6, 6.07) is 1.99. The Morgan fingerprint density at radius 1 is 1.56 bits per heavy atom. The molecule has 3 nitrogen and oxygen atoms in total. The van der Waals surface area contributed by atoms with Gasteiger partial charge in [0.2, 0.25) is 0 Å². The molecule has 0 spiro atoms. The lowest BCUT2D eigenvalue weighted by molar-refractivity contribution is 0.272. The molecule has 0 saturated carbocycles. The van der Waals surface area contributed by atoms with E-state index in [4.69, 9.17) is 21.1 Å². The van der Waals surface area contributed by atoms with Gasteiger partial charge in [-0.3, -0.25) is 4.98 Å². The number of pyridine rings is 1. The molecule has 0 aromatic carbocycles. The molecule has 1 saturated heterocycles. The van der Waals surface area contributed by atoms with Crippen LogP contribution in [0.15, 0.2) is 24.2 Å². The third kappa shape index (κ3) is 2.67. The highest BCUT2D eigenvalue weighted by molar-refractivity contribution is 6.17. The molecule has 4 heteroatoms. The predicted octanol–water partition coefficient (Wildman–Crippen LogP) is 2.95. The first-order chi connectivity index (χ1) is 7.85. The second-order valence-electron chi connectivity index (χ2n) is 3.60. The Morgan fingerprint density at radius 3 is 3.00 bits per heavy atom. The van der Waals surface area contributed by atoms with Gasteiger partial charge in [0.05, 0.1) is 6.61 Å². The van der Waals surface area contributed by atoms with Gasteiger partial charge in [0.25, 0.3) is 0 Å². The number of ether oxygens (including phenoxy) is 2. The van der Waals surface area contributed by atoms with Crippen LogP contribution in [-0.2, 0) is 15.4 Å². The van der Waals surface area contributed by atoms with Gasteiger partial charge in [-0.25, -0.2) is 0 Å². The van der Waals surface area contributed by atoms with Crippen LogP contribution in [0.2, 0.25) is 0 Å². The van der Waals surface area contributed by atoms with Crippen LogP contribution < -0.4 is 0 Å². The topological polar surface area (TPSA) is 34.6 Å². The SMILES string of the molecule is CCCO/C(=C1/CO1)c1cncc(CCl)c1. The maximum atomic E-state index is 5.77. The van der Waals surface area contributed by atoms with Crippen molar-refractivity contribution >= 4 is 17.4 Å². The molecule has 0 radical (unpaired) electrons. The average Bonchev–Trinajstić information content (AvgIpc) is 3.14. The molecule has 1 fully saturated rings. The van der Waals surface area contributed by atoms with E-state index >= 15 is 0 Å². The highest BCUT2D eigenvalue weighted by Gasteiger charge is 2.23. The van der Waals surface area contributed by atoms with Gasteiger partial charge in [0.1, 0.15) is 6.61 Å². The third-order valence-electron chi connectivity index (χ3n) is 2.20. The molecule has 16 heavy (non-hydrogen) atoms. The Balaban J connectivity index is 2.22. The normalized spacial score (nSPS) is 16.6. The molecule has 0 amide bonds.